The largest absolute Gasteiger partial charge is 0.469 e. The third-order valence-corrected chi connectivity index (χ3v) is 5.63. The van der Waals surface area contributed by atoms with Gasteiger partial charge in [0.05, 0.1) is 11.4 Å². The molecule has 4 nitrogen and oxygen atoms in total. The van der Waals surface area contributed by atoms with Crippen LogP contribution in [-0.2, 0) is 6.54 Å². The third kappa shape index (κ3) is 3.43. The van der Waals surface area contributed by atoms with Crippen LogP contribution in [0.5, 0.6) is 5.75 Å². The van der Waals surface area contributed by atoms with E-state index in [-0.39, 0.29) is 0 Å². The van der Waals surface area contributed by atoms with Gasteiger partial charge >= 0.3 is 0 Å². The molecule has 3 aromatic rings. The topological polar surface area (TPSA) is 27.7 Å². The highest BCUT2D eigenvalue weighted by atomic mass is 16.5. The molecule has 2 heterocycles. The maximum absolute atomic E-state index is 5.79. The van der Waals surface area contributed by atoms with Crippen molar-refractivity contribution in [2.75, 3.05) is 43.1 Å². The van der Waals surface area contributed by atoms with Gasteiger partial charge in [0.25, 0.3) is 0 Å². The van der Waals surface area contributed by atoms with Crippen molar-refractivity contribution in [3.63, 3.8) is 0 Å². The summed E-state index contributed by atoms with van der Waals surface area (Å²) in [5, 5.41) is 3.28. The van der Waals surface area contributed by atoms with Gasteiger partial charge in [-0.05, 0) is 34.9 Å². The third-order valence-electron chi connectivity index (χ3n) is 5.63. The first-order valence-electron chi connectivity index (χ1n) is 9.98. The van der Waals surface area contributed by atoms with E-state index in [1.54, 1.807) is 0 Å². The summed E-state index contributed by atoms with van der Waals surface area (Å²) >= 11 is 0. The van der Waals surface area contributed by atoms with Gasteiger partial charge in [0.2, 0.25) is 0 Å². The molecule has 0 atom stereocenters. The predicted octanol–water partition coefficient (Wildman–Crippen LogP) is 4.44. The summed E-state index contributed by atoms with van der Waals surface area (Å²) in [5.74, 6) is 1.01. The van der Waals surface area contributed by atoms with Crippen LogP contribution in [0.25, 0.3) is 11.1 Å². The predicted molar refractivity (Wildman–Crippen MR) is 115 cm³/mol. The van der Waals surface area contributed by atoms with Crippen molar-refractivity contribution in [3.05, 3.63) is 78.4 Å². The number of hydrogen-bond acceptors (Lipinski definition) is 4. The van der Waals surface area contributed by atoms with E-state index in [2.05, 4.69) is 87.9 Å². The molecule has 0 unspecified atom stereocenters. The maximum Gasteiger partial charge on any atom is 0.168 e. The van der Waals surface area contributed by atoms with Gasteiger partial charge in [-0.1, -0.05) is 54.6 Å². The number of rotatable bonds is 4. The van der Waals surface area contributed by atoms with Crippen LogP contribution in [0.15, 0.2) is 72.8 Å². The van der Waals surface area contributed by atoms with Crippen molar-refractivity contribution in [1.29, 1.82) is 0 Å². The normalized spacial score (nSPS) is 16.4. The number of para-hydroxylation sites is 1. The lowest BCUT2D eigenvalue weighted by molar-refractivity contribution is 0.249. The average Bonchev–Trinajstić information content (AvgIpc) is 3.24. The van der Waals surface area contributed by atoms with Crippen LogP contribution in [0.3, 0.4) is 0 Å². The Kier molecular flexibility index (Phi) is 4.63. The first-order valence-corrected chi connectivity index (χ1v) is 9.98. The van der Waals surface area contributed by atoms with Crippen molar-refractivity contribution >= 4 is 11.4 Å². The molecule has 142 valence electrons. The van der Waals surface area contributed by atoms with E-state index < -0.39 is 0 Å². The zero-order valence-electron chi connectivity index (χ0n) is 16.0. The molecule has 1 N–H and O–H groups in total. The fraction of sp³-hybridized carbons (Fsp3) is 0.250. The smallest absolute Gasteiger partial charge is 0.168 e. The minimum absolute atomic E-state index is 0.573. The first kappa shape index (κ1) is 17.1. The molecule has 0 bridgehead atoms. The Morgan fingerprint density at radius 1 is 0.786 bits per heavy atom. The molecule has 0 aliphatic carbocycles. The van der Waals surface area contributed by atoms with Crippen LogP contribution in [0, 0.1) is 0 Å². The summed E-state index contributed by atoms with van der Waals surface area (Å²) in [4.78, 5) is 4.99. The van der Waals surface area contributed by atoms with Crippen LogP contribution >= 0.6 is 0 Å². The number of ether oxygens (including phenoxy) is 1. The van der Waals surface area contributed by atoms with Crippen LogP contribution < -0.4 is 15.0 Å². The monoisotopic (exact) mass is 371 g/mol. The Morgan fingerprint density at radius 2 is 1.57 bits per heavy atom. The molecular weight excluding hydrogens is 346 g/mol. The van der Waals surface area contributed by atoms with Crippen molar-refractivity contribution in [2.45, 2.75) is 6.54 Å². The van der Waals surface area contributed by atoms with Gasteiger partial charge in [-0.2, -0.15) is 0 Å². The highest BCUT2D eigenvalue weighted by Gasteiger charge is 2.23. The summed E-state index contributed by atoms with van der Waals surface area (Å²) < 4.78 is 5.79. The molecule has 28 heavy (non-hydrogen) atoms. The number of fused-ring (bicyclic) bond motifs is 1. The Balaban J connectivity index is 1.24. The second-order valence-corrected chi connectivity index (χ2v) is 7.45. The molecule has 0 radical (unpaired) electrons. The van der Waals surface area contributed by atoms with Crippen molar-refractivity contribution in [2.24, 2.45) is 0 Å². The lowest BCUT2D eigenvalue weighted by atomic mass is 10.0. The SMILES string of the molecule is c1ccc(-c2cccc(CN3CCN(c4cccc5c4OCN5)CC3)c2)cc1. The summed E-state index contributed by atoms with van der Waals surface area (Å²) in [6, 6.07) is 25.9. The molecule has 5 rings (SSSR count). The van der Waals surface area contributed by atoms with E-state index in [0.717, 1.165) is 44.2 Å². The molecule has 3 aromatic carbocycles. The molecular formula is C24H25N3O. The first-order chi connectivity index (χ1) is 13.9. The highest BCUT2D eigenvalue weighted by molar-refractivity contribution is 5.74. The Labute approximate surface area is 166 Å². The molecule has 1 saturated heterocycles. The van der Waals surface area contributed by atoms with Crippen LogP contribution in [0.4, 0.5) is 11.4 Å². The van der Waals surface area contributed by atoms with Gasteiger partial charge < -0.3 is 15.0 Å². The zero-order chi connectivity index (χ0) is 18.8. The highest BCUT2D eigenvalue weighted by Crippen LogP contribution is 2.39. The molecule has 4 heteroatoms. The molecule has 1 fully saturated rings. The minimum Gasteiger partial charge on any atom is -0.469 e. The zero-order valence-corrected chi connectivity index (χ0v) is 16.0. The van der Waals surface area contributed by atoms with Crippen molar-refractivity contribution in [1.82, 2.24) is 4.90 Å². The summed E-state index contributed by atoms with van der Waals surface area (Å²) in [7, 11) is 0. The second-order valence-electron chi connectivity index (χ2n) is 7.45. The molecule has 0 spiro atoms. The van der Waals surface area contributed by atoms with Gasteiger partial charge in [0, 0.05) is 32.7 Å². The van der Waals surface area contributed by atoms with Gasteiger partial charge in [-0.3, -0.25) is 4.90 Å². The average molecular weight is 371 g/mol. The van der Waals surface area contributed by atoms with Crippen LogP contribution in [0.2, 0.25) is 0 Å². The second kappa shape index (κ2) is 7.56. The van der Waals surface area contributed by atoms with Gasteiger partial charge in [-0.15, -0.1) is 0 Å². The number of nitrogens with zero attached hydrogens (tertiary/aromatic N) is 2. The minimum atomic E-state index is 0.573. The lowest BCUT2D eigenvalue weighted by Gasteiger charge is -2.36. The number of hydrogen-bond donors (Lipinski definition) is 1. The summed E-state index contributed by atoms with van der Waals surface area (Å²) in [5.41, 5.74) is 6.27. The van der Waals surface area contributed by atoms with E-state index in [0.29, 0.717) is 6.73 Å². The van der Waals surface area contributed by atoms with Crippen LogP contribution in [0.1, 0.15) is 5.56 Å². The Morgan fingerprint density at radius 3 is 2.43 bits per heavy atom. The number of anilines is 2. The van der Waals surface area contributed by atoms with E-state index >= 15 is 0 Å². The standard InChI is InChI=1S/C24H25N3O/c1-2-7-20(8-3-1)21-9-4-6-19(16-21)17-26-12-14-27(15-13-26)23-11-5-10-22-24(23)28-18-25-22/h1-11,16,25H,12-15,17-18H2. The molecule has 0 aromatic heterocycles. The number of nitrogens with one attached hydrogen (secondary N) is 1. The Hall–Kier alpha value is -2.98. The van der Waals surface area contributed by atoms with Gasteiger partial charge in [-0.25, -0.2) is 0 Å². The van der Waals surface area contributed by atoms with E-state index in [1.165, 1.54) is 22.4 Å². The molecule has 2 aliphatic rings. The maximum atomic E-state index is 5.79. The van der Waals surface area contributed by atoms with Crippen LogP contribution in [-0.4, -0.2) is 37.8 Å². The van der Waals surface area contributed by atoms with E-state index in [1.807, 2.05) is 0 Å². The van der Waals surface area contributed by atoms with E-state index in [9.17, 15) is 0 Å². The van der Waals surface area contributed by atoms with E-state index in [4.69, 9.17) is 4.74 Å². The summed E-state index contributed by atoms with van der Waals surface area (Å²) in [6.07, 6.45) is 0. The van der Waals surface area contributed by atoms with Gasteiger partial charge in [0.1, 0.15) is 0 Å². The quantitative estimate of drug-likeness (QED) is 0.734. The fourth-order valence-electron chi connectivity index (χ4n) is 4.14. The Bertz CT molecular complexity index is 949. The van der Waals surface area contributed by atoms with Crippen molar-refractivity contribution < 1.29 is 4.74 Å². The molecule has 0 saturated carbocycles. The fourth-order valence-corrected chi connectivity index (χ4v) is 4.14. The lowest BCUT2D eigenvalue weighted by Crippen LogP contribution is -2.46. The van der Waals surface area contributed by atoms with Crippen molar-refractivity contribution in [3.8, 4) is 16.9 Å². The number of benzene rings is 3. The number of piperazine rings is 1. The molecule has 0 amide bonds. The van der Waals surface area contributed by atoms with Gasteiger partial charge in [0.15, 0.2) is 12.5 Å². The molecule has 2 aliphatic heterocycles. The summed E-state index contributed by atoms with van der Waals surface area (Å²) in [6.45, 7) is 5.75.